The van der Waals surface area contributed by atoms with Gasteiger partial charge in [0, 0.05) is 22.1 Å². The maximum atomic E-state index is 5.28. The van der Waals surface area contributed by atoms with Gasteiger partial charge in [0.25, 0.3) is 0 Å². The summed E-state index contributed by atoms with van der Waals surface area (Å²) in [6, 6.07) is 67.6. The van der Waals surface area contributed by atoms with Crippen molar-refractivity contribution >= 4 is 0 Å². The van der Waals surface area contributed by atoms with Gasteiger partial charge in [-0.15, -0.1) is 0 Å². The van der Waals surface area contributed by atoms with Crippen molar-refractivity contribution in [3.05, 3.63) is 210 Å². The Morgan fingerprint density at radius 3 is 1.52 bits per heavy atom. The first-order chi connectivity index (χ1) is 28.5. The Morgan fingerprint density at radius 1 is 0.310 bits per heavy atom. The molecule has 0 saturated heterocycles. The minimum atomic E-state index is -0.111. The molecule has 8 aromatic carbocycles. The average molecular weight is 742 g/mol. The molecule has 0 radical (unpaired) electrons. The Morgan fingerprint density at radius 2 is 0.776 bits per heavy atom. The van der Waals surface area contributed by atoms with Crippen LogP contribution in [0, 0.1) is 0 Å². The topological polar surface area (TPSA) is 38.7 Å². The monoisotopic (exact) mass is 741 g/mol. The summed E-state index contributed by atoms with van der Waals surface area (Å²) >= 11 is 0. The molecular formula is C55H39N3. The SMILES string of the molecule is CC1(C)c2ccccc2-c2ccc(-c3cc(-c4ccc(-c5ccccc5)cc4)cc(-c4nc(-c5ccccc5)nc(-c5ccc6c(c5)Cc5ccccc5-6)n4)c3)cc21. The normalized spacial score (nSPS) is 13.1. The molecule has 3 nitrogen and oxygen atoms in total. The maximum absolute atomic E-state index is 5.28. The van der Waals surface area contributed by atoms with E-state index in [2.05, 4.69) is 184 Å². The van der Waals surface area contributed by atoms with Crippen LogP contribution < -0.4 is 0 Å². The molecule has 11 rings (SSSR count). The third-order valence-corrected chi connectivity index (χ3v) is 12.2. The largest absolute Gasteiger partial charge is 0.208 e. The lowest BCUT2D eigenvalue weighted by molar-refractivity contribution is 0.660. The first kappa shape index (κ1) is 34.1. The minimum absolute atomic E-state index is 0.111. The maximum Gasteiger partial charge on any atom is 0.164 e. The van der Waals surface area contributed by atoms with Gasteiger partial charge in [-0.05, 0) is 115 Å². The van der Waals surface area contributed by atoms with Crippen LogP contribution in [-0.2, 0) is 11.8 Å². The van der Waals surface area contributed by atoms with E-state index in [-0.39, 0.29) is 5.41 Å². The second-order valence-corrected chi connectivity index (χ2v) is 16.1. The second kappa shape index (κ2) is 13.5. The fourth-order valence-corrected chi connectivity index (χ4v) is 9.09. The van der Waals surface area contributed by atoms with Crippen molar-refractivity contribution in [2.24, 2.45) is 0 Å². The highest BCUT2D eigenvalue weighted by Crippen LogP contribution is 2.50. The zero-order valence-electron chi connectivity index (χ0n) is 32.4. The van der Waals surface area contributed by atoms with Crippen molar-refractivity contribution in [2.45, 2.75) is 25.7 Å². The summed E-state index contributed by atoms with van der Waals surface area (Å²) in [6.07, 6.45) is 0.903. The number of aromatic nitrogens is 3. The van der Waals surface area contributed by atoms with Crippen molar-refractivity contribution in [2.75, 3.05) is 0 Å². The molecule has 3 heteroatoms. The van der Waals surface area contributed by atoms with Crippen molar-refractivity contribution in [1.82, 2.24) is 15.0 Å². The number of hydrogen-bond acceptors (Lipinski definition) is 3. The van der Waals surface area contributed by atoms with E-state index in [1.54, 1.807) is 0 Å². The lowest BCUT2D eigenvalue weighted by Crippen LogP contribution is -2.14. The fourth-order valence-electron chi connectivity index (χ4n) is 9.09. The van der Waals surface area contributed by atoms with Gasteiger partial charge >= 0.3 is 0 Å². The van der Waals surface area contributed by atoms with Gasteiger partial charge in [-0.25, -0.2) is 15.0 Å². The van der Waals surface area contributed by atoms with Crippen LogP contribution in [-0.4, -0.2) is 15.0 Å². The van der Waals surface area contributed by atoms with Crippen molar-refractivity contribution in [3.8, 4) is 89.8 Å². The molecule has 0 N–H and O–H groups in total. The van der Waals surface area contributed by atoms with Crippen molar-refractivity contribution in [1.29, 1.82) is 0 Å². The van der Waals surface area contributed by atoms with Gasteiger partial charge in [0.1, 0.15) is 0 Å². The smallest absolute Gasteiger partial charge is 0.164 e. The van der Waals surface area contributed by atoms with Gasteiger partial charge in [-0.1, -0.05) is 172 Å². The van der Waals surface area contributed by atoms with Gasteiger partial charge in [-0.2, -0.15) is 0 Å². The van der Waals surface area contributed by atoms with Crippen molar-refractivity contribution < 1.29 is 0 Å². The number of hydrogen-bond donors (Lipinski definition) is 0. The van der Waals surface area contributed by atoms with E-state index in [1.165, 1.54) is 61.2 Å². The van der Waals surface area contributed by atoms with Crippen LogP contribution in [0.4, 0.5) is 0 Å². The highest BCUT2D eigenvalue weighted by atomic mass is 15.0. The summed E-state index contributed by atoms with van der Waals surface area (Å²) in [4.78, 5) is 15.6. The van der Waals surface area contributed by atoms with Crippen LogP contribution in [0.15, 0.2) is 188 Å². The van der Waals surface area contributed by atoms with E-state index in [9.17, 15) is 0 Å². The number of fused-ring (bicyclic) bond motifs is 6. The molecule has 0 atom stereocenters. The van der Waals surface area contributed by atoms with Crippen molar-refractivity contribution in [3.63, 3.8) is 0 Å². The predicted octanol–water partition coefficient (Wildman–Crippen LogP) is 13.8. The quantitative estimate of drug-likeness (QED) is 0.170. The van der Waals surface area contributed by atoms with Crippen LogP contribution in [0.5, 0.6) is 0 Å². The molecule has 0 spiro atoms. The summed E-state index contributed by atoms with van der Waals surface area (Å²) in [5, 5.41) is 0. The first-order valence-corrected chi connectivity index (χ1v) is 20.1. The van der Waals surface area contributed by atoms with E-state index >= 15 is 0 Å². The molecule has 1 heterocycles. The molecular weight excluding hydrogens is 703 g/mol. The molecule has 0 bridgehead atoms. The Balaban J connectivity index is 1.08. The molecule has 0 amide bonds. The summed E-state index contributed by atoms with van der Waals surface area (Å²) in [6.45, 7) is 4.68. The second-order valence-electron chi connectivity index (χ2n) is 16.1. The zero-order valence-corrected chi connectivity index (χ0v) is 32.4. The molecule has 0 saturated carbocycles. The van der Waals surface area contributed by atoms with Crippen LogP contribution in [0.1, 0.15) is 36.1 Å². The summed E-state index contributed by atoms with van der Waals surface area (Å²) in [7, 11) is 0. The Hall–Kier alpha value is -7.23. The zero-order chi connectivity index (χ0) is 38.8. The van der Waals surface area contributed by atoms with Gasteiger partial charge in [0.2, 0.25) is 0 Å². The first-order valence-electron chi connectivity index (χ1n) is 20.1. The molecule has 0 fully saturated rings. The predicted molar refractivity (Wildman–Crippen MR) is 238 cm³/mol. The fraction of sp³-hybridized carbons (Fsp3) is 0.0727. The molecule has 58 heavy (non-hydrogen) atoms. The molecule has 9 aromatic rings. The summed E-state index contributed by atoms with van der Waals surface area (Å²) in [5.41, 5.74) is 20.3. The average Bonchev–Trinajstić information content (AvgIpc) is 3.77. The van der Waals surface area contributed by atoms with Crippen LogP contribution in [0.25, 0.3) is 89.8 Å². The van der Waals surface area contributed by atoms with Gasteiger partial charge in [-0.3, -0.25) is 0 Å². The summed E-state index contributed by atoms with van der Waals surface area (Å²) < 4.78 is 0. The van der Waals surface area contributed by atoms with E-state index in [4.69, 9.17) is 15.0 Å². The van der Waals surface area contributed by atoms with Crippen LogP contribution in [0.3, 0.4) is 0 Å². The standard InChI is InChI=1S/C55H39N3/c1-55(2)50-20-12-11-19-48(50)49-28-25-39(34-51(49)55)43-31-42(37-23-21-36(22-24-37)35-13-5-3-6-14-35)32-45(33-43)54-57-52(38-15-7-4-8-16-38)56-53(58-54)41-26-27-47-44(30-41)29-40-17-9-10-18-46(40)47/h3-28,30-34H,29H2,1-2H3. The minimum Gasteiger partial charge on any atom is -0.208 e. The van der Waals surface area contributed by atoms with E-state index in [0.29, 0.717) is 17.5 Å². The van der Waals surface area contributed by atoms with Gasteiger partial charge in [0.15, 0.2) is 17.5 Å². The van der Waals surface area contributed by atoms with Crippen LogP contribution >= 0.6 is 0 Å². The molecule has 0 aliphatic heterocycles. The van der Waals surface area contributed by atoms with E-state index in [0.717, 1.165) is 39.8 Å². The molecule has 1 aromatic heterocycles. The molecule has 274 valence electrons. The van der Waals surface area contributed by atoms with Gasteiger partial charge < -0.3 is 0 Å². The lowest BCUT2D eigenvalue weighted by atomic mass is 9.81. The van der Waals surface area contributed by atoms with E-state index < -0.39 is 0 Å². The Bertz CT molecular complexity index is 3040. The summed E-state index contributed by atoms with van der Waals surface area (Å²) in [5.74, 6) is 1.96. The molecule has 2 aliphatic rings. The number of rotatable bonds is 6. The molecule has 0 unspecified atom stereocenters. The number of benzene rings is 8. The van der Waals surface area contributed by atoms with Gasteiger partial charge in [0.05, 0.1) is 0 Å². The Labute approximate surface area is 339 Å². The number of nitrogens with zero attached hydrogens (tertiary/aromatic N) is 3. The highest BCUT2D eigenvalue weighted by molar-refractivity contribution is 5.87. The van der Waals surface area contributed by atoms with E-state index in [1.807, 2.05) is 18.2 Å². The molecule has 2 aliphatic carbocycles. The van der Waals surface area contributed by atoms with Crippen LogP contribution in [0.2, 0.25) is 0 Å². The highest BCUT2D eigenvalue weighted by Gasteiger charge is 2.35. The third-order valence-electron chi connectivity index (χ3n) is 12.2. The third kappa shape index (κ3) is 5.78. The Kier molecular flexibility index (Phi) is 7.90. The lowest BCUT2D eigenvalue weighted by Gasteiger charge is -2.22.